The summed E-state index contributed by atoms with van der Waals surface area (Å²) in [4.78, 5) is 53.8. The first kappa shape index (κ1) is 21.2. The number of Topliss-reactive ketones (excluding diaryl/α,β-unsaturated/α-hetero) is 1. The fourth-order valence-corrected chi connectivity index (χ4v) is 6.36. The Morgan fingerprint density at radius 2 is 1.57 bits per heavy atom. The van der Waals surface area contributed by atoms with Crippen molar-refractivity contribution >= 4 is 23.3 Å². The van der Waals surface area contributed by atoms with Gasteiger partial charge in [0.05, 0.1) is 18.7 Å². The molecule has 2 bridgehead atoms. The highest BCUT2D eigenvalue weighted by Crippen LogP contribution is 2.64. The van der Waals surface area contributed by atoms with Gasteiger partial charge in [0.2, 0.25) is 11.8 Å². The lowest BCUT2D eigenvalue weighted by Gasteiger charge is -2.48. The lowest BCUT2D eigenvalue weighted by atomic mass is 9.51. The summed E-state index contributed by atoms with van der Waals surface area (Å²) in [6.07, 6.45) is 0. The van der Waals surface area contributed by atoms with Gasteiger partial charge in [-0.15, -0.1) is 0 Å². The van der Waals surface area contributed by atoms with Crippen molar-refractivity contribution in [2.75, 3.05) is 12.0 Å². The van der Waals surface area contributed by atoms with Crippen molar-refractivity contribution in [3.05, 3.63) is 105 Å². The van der Waals surface area contributed by atoms with Gasteiger partial charge in [0, 0.05) is 27.5 Å². The number of benzene rings is 3. The molecule has 3 aromatic carbocycles. The third-order valence-electron chi connectivity index (χ3n) is 7.69. The van der Waals surface area contributed by atoms with E-state index in [-0.39, 0.29) is 17.2 Å². The van der Waals surface area contributed by atoms with Gasteiger partial charge in [-0.05, 0) is 36.2 Å². The Morgan fingerprint density at radius 3 is 2.11 bits per heavy atom. The molecule has 1 heterocycles. The van der Waals surface area contributed by atoms with Crippen LogP contribution in [0, 0.1) is 22.0 Å². The number of anilines is 1. The van der Waals surface area contributed by atoms with Crippen LogP contribution in [0.5, 0.6) is 5.75 Å². The molecule has 0 N–H and O–H groups in total. The zero-order valence-corrected chi connectivity index (χ0v) is 18.9. The number of methoxy groups -OCH3 is 1. The molecule has 8 heteroatoms. The summed E-state index contributed by atoms with van der Waals surface area (Å²) in [5.74, 6) is -3.89. The molecule has 7 rings (SSSR count). The lowest BCUT2D eigenvalue weighted by molar-refractivity contribution is -0.578. The molecule has 0 radical (unpaired) electrons. The first-order valence-electron chi connectivity index (χ1n) is 11.2. The van der Waals surface area contributed by atoms with E-state index in [1.54, 1.807) is 42.5 Å². The smallest absolute Gasteiger partial charge is 0.285 e. The van der Waals surface area contributed by atoms with E-state index >= 15 is 0 Å². The SMILES string of the molecule is COc1ccc(C(C)=O)cc1N1C(=O)[C@H]2C3c4ccccc4C([N+](=O)[O-])(c4ccccc43)[C@H]2C1=O. The van der Waals surface area contributed by atoms with Crippen LogP contribution in [0.3, 0.4) is 0 Å². The minimum atomic E-state index is -1.90. The van der Waals surface area contributed by atoms with Crippen LogP contribution in [-0.4, -0.2) is 29.6 Å². The Bertz CT molecular complexity index is 1430. The third kappa shape index (κ3) is 2.43. The molecule has 2 atom stereocenters. The quantitative estimate of drug-likeness (QED) is 0.250. The second-order valence-corrected chi connectivity index (χ2v) is 9.13. The highest BCUT2D eigenvalue weighted by Gasteiger charge is 2.75. The number of nitrogens with zero attached hydrogens (tertiary/aromatic N) is 2. The Labute approximate surface area is 200 Å². The molecular formula is C27H20N2O6. The first-order valence-corrected chi connectivity index (χ1v) is 11.2. The Kier molecular flexibility index (Phi) is 4.30. The number of amides is 2. The van der Waals surface area contributed by atoms with Crippen molar-refractivity contribution in [2.45, 2.75) is 18.4 Å². The van der Waals surface area contributed by atoms with E-state index in [1.165, 1.54) is 26.2 Å². The average molecular weight is 468 g/mol. The topological polar surface area (TPSA) is 107 Å². The van der Waals surface area contributed by atoms with Crippen molar-refractivity contribution in [3.63, 3.8) is 0 Å². The van der Waals surface area contributed by atoms with Crippen molar-refractivity contribution in [1.82, 2.24) is 0 Å². The van der Waals surface area contributed by atoms with Crippen LogP contribution in [-0.2, 0) is 15.1 Å². The minimum Gasteiger partial charge on any atom is -0.495 e. The molecule has 1 fully saturated rings. The fourth-order valence-electron chi connectivity index (χ4n) is 6.36. The van der Waals surface area contributed by atoms with Crippen LogP contribution < -0.4 is 9.64 Å². The van der Waals surface area contributed by atoms with Gasteiger partial charge in [-0.3, -0.25) is 24.5 Å². The van der Waals surface area contributed by atoms with Gasteiger partial charge in [-0.25, -0.2) is 4.90 Å². The highest BCUT2D eigenvalue weighted by atomic mass is 16.6. The Hall–Kier alpha value is -4.33. The molecule has 35 heavy (non-hydrogen) atoms. The molecule has 0 spiro atoms. The first-order chi connectivity index (χ1) is 16.8. The van der Waals surface area contributed by atoms with E-state index in [2.05, 4.69) is 0 Å². The van der Waals surface area contributed by atoms with Gasteiger partial charge in [0.15, 0.2) is 5.78 Å². The van der Waals surface area contributed by atoms with Crippen LogP contribution in [0.1, 0.15) is 45.5 Å². The fraction of sp³-hybridized carbons (Fsp3) is 0.222. The molecule has 3 aliphatic carbocycles. The number of ketones is 1. The van der Waals surface area contributed by atoms with E-state index in [0.29, 0.717) is 27.8 Å². The maximum absolute atomic E-state index is 14.1. The van der Waals surface area contributed by atoms with Gasteiger partial charge >= 0.3 is 0 Å². The number of rotatable bonds is 4. The Morgan fingerprint density at radius 1 is 0.971 bits per heavy atom. The van der Waals surface area contributed by atoms with Crippen molar-refractivity contribution < 1.29 is 24.0 Å². The second kappa shape index (κ2) is 7.09. The summed E-state index contributed by atoms with van der Waals surface area (Å²) in [5, 5.41) is 13.0. The predicted molar refractivity (Wildman–Crippen MR) is 125 cm³/mol. The summed E-state index contributed by atoms with van der Waals surface area (Å²) in [7, 11) is 1.40. The van der Waals surface area contributed by atoms with E-state index in [0.717, 1.165) is 4.90 Å². The van der Waals surface area contributed by atoms with Gasteiger partial charge < -0.3 is 4.74 Å². The summed E-state index contributed by atoms with van der Waals surface area (Å²) >= 11 is 0. The number of nitro groups is 1. The van der Waals surface area contributed by atoms with Crippen LogP contribution in [0.15, 0.2) is 66.7 Å². The molecular weight excluding hydrogens is 448 g/mol. The number of hydrogen-bond acceptors (Lipinski definition) is 6. The van der Waals surface area contributed by atoms with Gasteiger partial charge in [0.1, 0.15) is 11.7 Å². The Balaban J connectivity index is 1.65. The summed E-state index contributed by atoms with van der Waals surface area (Å²) in [6, 6.07) is 18.5. The molecule has 4 aliphatic rings. The summed E-state index contributed by atoms with van der Waals surface area (Å²) in [6.45, 7) is 1.38. The maximum Gasteiger partial charge on any atom is 0.285 e. The van der Waals surface area contributed by atoms with E-state index in [4.69, 9.17) is 4.74 Å². The van der Waals surface area contributed by atoms with Gasteiger partial charge in [0.25, 0.3) is 5.54 Å². The van der Waals surface area contributed by atoms with Crippen LogP contribution in [0.4, 0.5) is 5.69 Å². The third-order valence-corrected chi connectivity index (χ3v) is 7.69. The van der Waals surface area contributed by atoms with Gasteiger partial charge in [-0.1, -0.05) is 48.5 Å². The average Bonchev–Trinajstić information content (AvgIpc) is 3.13. The normalized spacial score (nSPS) is 25.7. The summed E-state index contributed by atoms with van der Waals surface area (Å²) in [5.41, 5.74) is 0.794. The minimum absolute atomic E-state index is 0.121. The lowest BCUT2D eigenvalue weighted by Crippen LogP contribution is -2.57. The van der Waals surface area contributed by atoms with Crippen LogP contribution in [0.25, 0.3) is 0 Å². The zero-order valence-electron chi connectivity index (χ0n) is 18.9. The van der Waals surface area contributed by atoms with E-state index in [9.17, 15) is 24.5 Å². The number of carbonyl (C=O) groups excluding carboxylic acids is 3. The maximum atomic E-state index is 14.1. The second-order valence-electron chi connectivity index (χ2n) is 9.13. The van der Waals surface area contributed by atoms with Crippen molar-refractivity contribution in [1.29, 1.82) is 0 Å². The highest BCUT2D eigenvalue weighted by molar-refractivity contribution is 6.24. The molecule has 1 saturated heterocycles. The van der Waals surface area contributed by atoms with Crippen LogP contribution in [0.2, 0.25) is 0 Å². The van der Waals surface area contributed by atoms with Crippen LogP contribution >= 0.6 is 0 Å². The molecule has 8 nitrogen and oxygen atoms in total. The van der Waals surface area contributed by atoms with Gasteiger partial charge in [-0.2, -0.15) is 0 Å². The van der Waals surface area contributed by atoms with Crippen molar-refractivity contribution in [3.8, 4) is 5.75 Å². The molecule has 2 amide bonds. The number of ether oxygens (including phenoxy) is 1. The molecule has 0 aromatic heterocycles. The van der Waals surface area contributed by atoms with E-state index in [1.807, 2.05) is 12.1 Å². The molecule has 174 valence electrons. The van der Waals surface area contributed by atoms with Crippen molar-refractivity contribution in [2.24, 2.45) is 11.8 Å². The zero-order chi connectivity index (χ0) is 24.6. The van der Waals surface area contributed by atoms with E-state index < -0.39 is 40.0 Å². The standard InChI is InChI=1S/C27H20N2O6/c1-14(30)15-11-12-21(35-2)20(13-15)28-25(31)23-22-16-7-3-5-9-18(16)27(29(33)34,24(23)26(28)32)19-10-6-4-8-17(19)22/h3-13,22-24H,1-2H3/t22?,23-,24+,27?/m0/s1. The largest absolute Gasteiger partial charge is 0.495 e. The number of carbonyl (C=O) groups is 3. The molecule has 1 aliphatic heterocycles. The number of hydrogen-bond donors (Lipinski definition) is 0. The summed E-state index contributed by atoms with van der Waals surface area (Å²) < 4.78 is 5.42. The molecule has 3 aromatic rings. The predicted octanol–water partition coefficient (Wildman–Crippen LogP) is 3.68. The number of imide groups is 1. The molecule has 0 unspecified atom stereocenters. The molecule has 0 saturated carbocycles. The monoisotopic (exact) mass is 468 g/mol.